The Bertz CT molecular complexity index is 1410. The van der Waals surface area contributed by atoms with Crippen molar-refractivity contribution in [2.45, 2.75) is 45.2 Å². The standard InChI is InChI=1S/C31H31ClN6/c1-21(28(18-22-7-11-26(32)12-8-22)25-6-4-5-23(17-25)19-33)36-30(31(2,3)20-34)24-9-13-27(14-10-24)37-29-15-16-35-38-29/h4-17,21,28,30,36H,18H2,1-3H3,(H2,35,37,38). The quantitative estimate of drug-likeness (QED) is 0.203. The lowest BCUT2D eigenvalue weighted by molar-refractivity contribution is 0.281. The van der Waals surface area contributed by atoms with Crippen LogP contribution in [-0.4, -0.2) is 16.2 Å². The van der Waals surface area contributed by atoms with E-state index in [1.54, 1.807) is 6.20 Å². The average Bonchev–Trinajstić information content (AvgIpc) is 3.45. The van der Waals surface area contributed by atoms with Gasteiger partial charge in [0.25, 0.3) is 0 Å². The van der Waals surface area contributed by atoms with Crippen LogP contribution >= 0.6 is 11.6 Å². The Kier molecular flexibility index (Phi) is 8.48. The van der Waals surface area contributed by atoms with Crippen molar-refractivity contribution in [1.29, 1.82) is 10.5 Å². The molecule has 0 aliphatic rings. The first-order chi connectivity index (χ1) is 18.3. The highest BCUT2D eigenvalue weighted by atomic mass is 35.5. The maximum Gasteiger partial charge on any atom is 0.125 e. The van der Waals surface area contributed by atoms with E-state index in [4.69, 9.17) is 11.6 Å². The van der Waals surface area contributed by atoms with Gasteiger partial charge in [-0.1, -0.05) is 48.0 Å². The van der Waals surface area contributed by atoms with E-state index in [1.807, 2.05) is 86.6 Å². The van der Waals surface area contributed by atoms with Gasteiger partial charge in [-0.25, -0.2) is 0 Å². The number of rotatable bonds is 10. The van der Waals surface area contributed by atoms with Gasteiger partial charge in [0.2, 0.25) is 0 Å². The van der Waals surface area contributed by atoms with Gasteiger partial charge in [0.15, 0.2) is 0 Å². The molecule has 3 aromatic carbocycles. The maximum absolute atomic E-state index is 10.1. The number of H-pyrrole nitrogens is 1. The summed E-state index contributed by atoms with van der Waals surface area (Å²) in [6.07, 6.45) is 2.45. The molecule has 38 heavy (non-hydrogen) atoms. The normalized spacial score (nSPS) is 13.6. The number of benzene rings is 3. The van der Waals surface area contributed by atoms with Crippen molar-refractivity contribution in [2.24, 2.45) is 5.41 Å². The molecule has 3 atom stereocenters. The lowest BCUT2D eigenvalue weighted by Gasteiger charge is -2.36. The Morgan fingerprint density at radius 2 is 1.71 bits per heavy atom. The van der Waals surface area contributed by atoms with Gasteiger partial charge < -0.3 is 10.6 Å². The molecule has 0 amide bonds. The summed E-state index contributed by atoms with van der Waals surface area (Å²) >= 11 is 6.13. The van der Waals surface area contributed by atoms with E-state index < -0.39 is 5.41 Å². The Morgan fingerprint density at radius 3 is 2.34 bits per heavy atom. The van der Waals surface area contributed by atoms with Gasteiger partial charge in [-0.3, -0.25) is 5.10 Å². The van der Waals surface area contributed by atoms with Crippen LogP contribution < -0.4 is 10.6 Å². The lowest BCUT2D eigenvalue weighted by Crippen LogP contribution is -2.42. The van der Waals surface area contributed by atoms with Crippen molar-refractivity contribution in [3.05, 3.63) is 112 Å². The van der Waals surface area contributed by atoms with Gasteiger partial charge in [0.05, 0.1) is 35.4 Å². The number of hydrogen-bond donors (Lipinski definition) is 3. The molecule has 0 spiro atoms. The van der Waals surface area contributed by atoms with Gasteiger partial charge in [-0.2, -0.15) is 15.6 Å². The van der Waals surface area contributed by atoms with Crippen molar-refractivity contribution >= 4 is 23.1 Å². The molecule has 0 saturated carbocycles. The van der Waals surface area contributed by atoms with E-state index >= 15 is 0 Å². The minimum atomic E-state index is -0.675. The molecule has 1 aromatic heterocycles. The van der Waals surface area contributed by atoms with Gasteiger partial charge in [-0.15, -0.1) is 0 Å². The number of hydrogen-bond acceptors (Lipinski definition) is 5. The summed E-state index contributed by atoms with van der Waals surface area (Å²) in [6, 6.07) is 30.1. The van der Waals surface area contributed by atoms with Gasteiger partial charge in [-0.05, 0) is 80.3 Å². The highest BCUT2D eigenvalue weighted by Crippen LogP contribution is 2.36. The summed E-state index contributed by atoms with van der Waals surface area (Å²) in [5.74, 6) is 0.867. The number of nitrogens with one attached hydrogen (secondary N) is 3. The first-order valence-electron chi connectivity index (χ1n) is 12.6. The first kappa shape index (κ1) is 26.9. The Balaban J connectivity index is 1.63. The molecule has 0 aliphatic carbocycles. The largest absolute Gasteiger partial charge is 0.341 e. The Morgan fingerprint density at radius 1 is 0.974 bits per heavy atom. The molecule has 0 saturated heterocycles. The second-order valence-corrected chi connectivity index (χ2v) is 10.5. The summed E-state index contributed by atoms with van der Waals surface area (Å²) in [7, 11) is 0. The van der Waals surface area contributed by atoms with Crippen LogP contribution in [0.1, 0.15) is 55.0 Å². The molecule has 4 rings (SSSR count). The number of halogens is 1. The van der Waals surface area contributed by atoms with E-state index in [0.29, 0.717) is 10.6 Å². The van der Waals surface area contributed by atoms with Gasteiger partial charge >= 0.3 is 0 Å². The zero-order chi connectivity index (χ0) is 27.1. The third-order valence-electron chi connectivity index (χ3n) is 6.88. The fourth-order valence-corrected chi connectivity index (χ4v) is 4.83. The van der Waals surface area contributed by atoms with Crippen molar-refractivity contribution in [2.75, 3.05) is 5.32 Å². The highest BCUT2D eigenvalue weighted by molar-refractivity contribution is 6.30. The molecule has 0 fully saturated rings. The molecule has 0 bridgehead atoms. The third-order valence-corrected chi connectivity index (χ3v) is 7.13. The molecule has 0 aliphatic heterocycles. The number of aromatic amines is 1. The SMILES string of the molecule is CC(NC(c1ccc(Nc2ccn[nH]2)cc1)C(C)(C)C#N)C(Cc1ccc(Cl)cc1)c1cccc(C#N)c1. The summed E-state index contributed by atoms with van der Waals surface area (Å²) in [6.45, 7) is 6.06. The van der Waals surface area contributed by atoms with Crippen LogP contribution in [0.25, 0.3) is 0 Å². The average molecular weight is 523 g/mol. The summed E-state index contributed by atoms with van der Waals surface area (Å²) in [5, 5.41) is 34.2. The van der Waals surface area contributed by atoms with Crippen molar-refractivity contribution in [3.8, 4) is 12.1 Å². The summed E-state index contributed by atoms with van der Waals surface area (Å²) < 4.78 is 0. The molecule has 0 radical (unpaired) electrons. The topological polar surface area (TPSA) is 100 Å². The fraction of sp³-hybridized carbons (Fsp3) is 0.258. The molecular formula is C31H31ClN6. The van der Waals surface area contributed by atoms with E-state index in [0.717, 1.165) is 34.6 Å². The van der Waals surface area contributed by atoms with Crippen LogP contribution in [0, 0.1) is 28.1 Å². The fourth-order valence-electron chi connectivity index (χ4n) is 4.70. The molecule has 7 heteroatoms. The summed E-state index contributed by atoms with van der Waals surface area (Å²) in [5.41, 5.74) is 4.13. The lowest BCUT2D eigenvalue weighted by atomic mass is 9.79. The second kappa shape index (κ2) is 12.0. The third kappa shape index (κ3) is 6.61. The maximum atomic E-state index is 10.1. The number of nitrogens with zero attached hydrogens (tertiary/aromatic N) is 3. The molecule has 3 unspecified atom stereocenters. The van der Waals surface area contributed by atoms with Crippen LogP contribution in [0.5, 0.6) is 0 Å². The van der Waals surface area contributed by atoms with Crippen LogP contribution in [0.4, 0.5) is 11.5 Å². The minimum Gasteiger partial charge on any atom is -0.341 e. The number of aromatic nitrogens is 2. The predicted molar refractivity (Wildman–Crippen MR) is 152 cm³/mol. The Hall–Kier alpha value is -4.10. The first-order valence-corrected chi connectivity index (χ1v) is 12.9. The van der Waals surface area contributed by atoms with E-state index in [1.165, 1.54) is 0 Å². The van der Waals surface area contributed by atoms with Crippen LogP contribution in [0.3, 0.4) is 0 Å². The molecular weight excluding hydrogens is 492 g/mol. The zero-order valence-corrected chi connectivity index (χ0v) is 22.5. The molecule has 192 valence electrons. The summed E-state index contributed by atoms with van der Waals surface area (Å²) in [4.78, 5) is 0. The molecule has 1 heterocycles. The van der Waals surface area contributed by atoms with Crippen LogP contribution in [0.2, 0.25) is 5.02 Å². The highest BCUT2D eigenvalue weighted by Gasteiger charge is 2.34. The predicted octanol–water partition coefficient (Wildman–Crippen LogP) is 7.27. The number of nitriles is 2. The van der Waals surface area contributed by atoms with Gasteiger partial charge in [0.1, 0.15) is 5.82 Å². The van der Waals surface area contributed by atoms with Crippen LogP contribution in [0.15, 0.2) is 85.1 Å². The van der Waals surface area contributed by atoms with Crippen molar-refractivity contribution in [1.82, 2.24) is 15.5 Å². The van der Waals surface area contributed by atoms with Crippen molar-refractivity contribution < 1.29 is 0 Å². The van der Waals surface area contributed by atoms with E-state index in [9.17, 15) is 10.5 Å². The van der Waals surface area contributed by atoms with Gasteiger partial charge in [0, 0.05) is 28.7 Å². The van der Waals surface area contributed by atoms with Crippen molar-refractivity contribution in [3.63, 3.8) is 0 Å². The Labute approximate surface area is 229 Å². The molecule has 4 aromatic rings. The smallest absolute Gasteiger partial charge is 0.125 e. The second-order valence-electron chi connectivity index (χ2n) is 10.1. The molecule has 6 nitrogen and oxygen atoms in total. The number of anilines is 2. The molecule has 3 N–H and O–H groups in total. The minimum absolute atomic E-state index is 0.0139. The monoisotopic (exact) mass is 522 g/mol. The zero-order valence-electron chi connectivity index (χ0n) is 21.7. The van der Waals surface area contributed by atoms with E-state index in [-0.39, 0.29) is 18.0 Å². The van der Waals surface area contributed by atoms with Crippen LogP contribution in [-0.2, 0) is 6.42 Å². The van der Waals surface area contributed by atoms with E-state index in [2.05, 4.69) is 46.0 Å².